The maximum absolute atomic E-state index is 11.7. The maximum Gasteiger partial charge on any atom is 0.324 e. The lowest BCUT2D eigenvalue weighted by molar-refractivity contribution is -0.143. The summed E-state index contributed by atoms with van der Waals surface area (Å²) in [5.41, 5.74) is 2.03. The molecule has 0 saturated heterocycles. The summed E-state index contributed by atoms with van der Waals surface area (Å²) in [6.45, 7) is 4.47. The zero-order chi connectivity index (χ0) is 12.4. The molecule has 94 valence electrons. The van der Waals surface area contributed by atoms with Crippen molar-refractivity contribution in [1.82, 2.24) is 15.1 Å². The van der Waals surface area contributed by atoms with E-state index in [-0.39, 0.29) is 12.0 Å². The Morgan fingerprint density at radius 2 is 2.35 bits per heavy atom. The highest BCUT2D eigenvalue weighted by Crippen LogP contribution is 2.20. The highest BCUT2D eigenvalue weighted by Gasteiger charge is 2.29. The number of aryl methyl sites for hydroxylation is 2. The maximum atomic E-state index is 11.7. The molecule has 1 aliphatic rings. The number of carbonyl (C=O) groups is 1. The molecule has 2 rings (SSSR count). The summed E-state index contributed by atoms with van der Waals surface area (Å²) < 4.78 is 6.67. The highest BCUT2D eigenvalue weighted by atomic mass is 16.5. The zero-order valence-electron chi connectivity index (χ0n) is 10.6. The third-order valence-corrected chi connectivity index (χ3v) is 2.96. The van der Waals surface area contributed by atoms with Gasteiger partial charge in [-0.3, -0.25) is 9.48 Å². The van der Waals surface area contributed by atoms with Crippen LogP contribution >= 0.6 is 0 Å². The molecule has 1 aliphatic carbocycles. The van der Waals surface area contributed by atoms with Crippen LogP contribution in [0.1, 0.15) is 24.2 Å². The Morgan fingerprint density at radius 1 is 1.65 bits per heavy atom. The highest BCUT2D eigenvalue weighted by molar-refractivity contribution is 5.75. The van der Waals surface area contributed by atoms with Crippen LogP contribution in [-0.4, -0.2) is 34.9 Å². The van der Waals surface area contributed by atoms with Crippen molar-refractivity contribution >= 4 is 5.97 Å². The van der Waals surface area contributed by atoms with Crippen LogP contribution in [0.25, 0.3) is 0 Å². The molecule has 1 unspecified atom stereocenters. The van der Waals surface area contributed by atoms with Crippen LogP contribution < -0.4 is 5.32 Å². The molecular weight excluding hydrogens is 218 g/mol. The molecule has 1 aromatic rings. The predicted molar refractivity (Wildman–Crippen MR) is 63.7 cm³/mol. The molecule has 1 N–H and O–H groups in total. The second kappa shape index (κ2) is 4.87. The van der Waals surface area contributed by atoms with E-state index in [0.29, 0.717) is 12.6 Å². The molecule has 17 heavy (non-hydrogen) atoms. The van der Waals surface area contributed by atoms with E-state index in [1.54, 1.807) is 0 Å². The van der Waals surface area contributed by atoms with Crippen molar-refractivity contribution in [3.05, 3.63) is 17.5 Å². The van der Waals surface area contributed by atoms with Crippen LogP contribution in [0.5, 0.6) is 0 Å². The Hall–Kier alpha value is -1.36. The van der Waals surface area contributed by atoms with Gasteiger partial charge in [0.2, 0.25) is 0 Å². The van der Waals surface area contributed by atoms with Crippen molar-refractivity contribution in [3.8, 4) is 0 Å². The number of nitrogens with one attached hydrogen (secondary N) is 1. The van der Waals surface area contributed by atoms with Crippen molar-refractivity contribution in [2.75, 3.05) is 7.11 Å². The van der Waals surface area contributed by atoms with E-state index >= 15 is 0 Å². The second-order valence-corrected chi connectivity index (χ2v) is 4.63. The zero-order valence-corrected chi connectivity index (χ0v) is 10.6. The van der Waals surface area contributed by atoms with E-state index < -0.39 is 0 Å². The molecule has 0 spiro atoms. The molecule has 1 heterocycles. The molecule has 1 saturated carbocycles. The number of hydrogen-bond donors (Lipinski definition) is 1. The van der Waals surface area contributed by atoms with E-state index in [1.165, 1.54) is 7.11 Å². The van der Waals surface area contributed by atoms with Crippen LogP contribution in [0.15, 0.2) is 6.07 Å². The third kappa shape index (κ3) is 3.06. The molecule has 1 aromatic heterocycles. The molecule has 0 amide bonds. The first-order valence-electron chi connectivity index (χ1n) is 5.95. The minimum atomic E-state index is -0.300. The molecule has 1 atom stereocenters. The number of nitrogens with zero attached hydrogens (tertiary/aromatic N) is 2. The minimum Gasteiger partial charge on any atom is -0.468 e. The van der Waals surface area contributed by atoms with Crippen LogP contribution in [0.3, 0.4) is 0 Å². The number of hydrogen-bond acceptors (Lipinski definition) is 4. The average Bonchev–Trinajstić information content (AvgIpc) is 3.04. The van der Waals surface area contributed by atoms with Gasteiger partial charge in [-0.15, -0.1) is 0 Å². The van der Waals surface area contributed by atoms with Crippen molar-refractivity contribution in [1.29, 1.82) is 0 Å². The standard InChI is InChI=1S/C12H19N3O2/c1-8-6-9(2)15(14-8)7-11(12(16)17-3)13-10-4-5-10/h6,10-11,13H,4-5,7H2,1-3H3. The Labute approximate surface area is 101 Å². The normalized spacial score (nSPS) is 16.9. The van der Waals surface area contributed by atoms with Gasteiger partial charge in [-0.25, -0.2) is 0 Å². The molecule has 0 radical (unpaired) electrons. The third-order valence-electron chi connectivity index (χ3n) is 2.96. The summed E-state index contributed by atoms with van der Waals surface area (Å²) in [5.74, 6) is -0.218. The second-order valence-electron chi connectivity index (χ2n) is 4.63. The Bertz CT molecular complexity index is 410. The number of carbonyl (C=O) groups excluding carboxylic acids is 1. The molecule has 1 fully saturated rings. The topological polar surface area (TPSA) is 56.2 Å². The predicted octanol–water partition coefficient (Wildman–Crippen LogP) is 0.794. The average molecular weight is 237 g/mol. The summed E-state index contributed by atoms with van der Waals surface area (Å²) in [6.07, 6.45) is 2.29. The van der Waals surface area contributed by atoms with E-state index in [2.05, 4.69) is 10.4 Å². The van der Waals surface area contributed by atoms with Gasteiger partial charge >= 0.3 is 5.97 Å². The first kappa shape index (κ1) is 12.1. The molecule has 0 aromatic carbocycles. The fraction of sp³-hybridized carbons (Fsp3) is 0.667. The van der Waals surface area contributed by atoms with Gasteiger partial charge in [0.05, 0.1) is 19.3 Å². The van der Waals surface area contributed by atoms with Gasteiger partial charge in [0, 0.05) is 11.7 Å². The minimum absolute atomic E-state index is 0.218. The van der Waals surface area contributed by atoms with Crippen LogP contribution in [0, 0.1) is 13.8 Å². The smallest absolute Gasteiger partial charge is 0.324 e. The van der Waals surface area contributed by atoms with E-state index in [4.69, 9.17) is 4.74 Å². The van der Waals surface area contributed by atoms with E-state index in [0.717, 1.165) is 24.2 Å². The van der Waals surface area contributed by atoms with Crippen molar-refractivity contribution in [2.24, 2.45) is 0 Å². The summed E-state index contributed by atoms with van der Waals surface area (Å²) in [7, 11) is 1.42. The fourth-order valence-electron chi connectivity index (χ4n) is 1.90. The first-order valence-corrected chi connectivity index (χ1v) is 5.95. The number of rotatable bonds is 5. The first-order chi connectivity index (χ1) is 8.10. The molecule has 5 heteroatoms. The van der Waals surface area contributed by atoms with Crippen molar-refractivity contribution in [3.63, 3.8) is 0 Å². The number of aromatic nitrogens is 2. The van der Waals surface area contributed by atoms with Crippen molar-refractivity contribution < 1.29 is 9.53 Å². The summed E-state index contributed by atoms with van der Waals surface area (Å²) in [5, 5.41) is 7.65. The summed E-state index contributed by atoms with van der Waals surface area (Å²) >= 11 is 0. The Balaban J connectivity index is 2.05. The number of ether oxygens (including phenoxy) is 1. The monoisotopic (exact) mass is 237 g/mol. The van der Waals surface area contributed by atoms with Crippen LogP contribution in [-0.2, 0) is 16.1 Å². The van der Waals surface area contributed by atoms with Gasteiger partial charge in [0.1, 0.15) is 6.04 Å². The van der Waals surface area contributed by atoms with Crippen LogP contribution in [0.4, 0.5) is 0 Å². The summed E-state index contributed by atoms with van der Waals surface area (Å²) in [4.78, 5) is 11.7. The SMILES string of the molecule is COC(=O)C(Cn1nc(C)cc1C)NC1CC1. The fourth-order valence-corrected chi connectivity index (χ4v) is 1.90. The van der Waals surface area contributed by atoms with Gasteiger partial charge in [0.25, 0.3) is 0 Å². The Morgan fingerprint density at radius 3 is 2.82 bits per heavy atom. The van der Waals surface area contributed by atoms with Crippen molar-refractivity contribution in [2.45, 2.75) is 45.3 Å². The Kier molecular flexibility index (Phi) is 3.47. The van der Waals surface area contributed by atoms with Gasteiger partial charge in [-0.05, 0) is 32.8 Å². The lowest BCUT2D eigenvalue weighted by Crippen LogP contribution is -2.42. The van der Waals surface area contributed by atoms with Gasteiger partial charge in [-0.2, -0.15) is 5.10 Å². The van der Waals surface area contributed by atoms with E-state index in [9.17, 15) is 4.79 Å². The van der Waals surface area contributed by atoms with Gasteiger partial charge in [0.15, 0.2) is 0 Å². The van der Waals surface area contributed by atoms with Crippen LogP contribution in [0.2, 0.25) is 0 Å². The largest absolute Gasteiger partial charge is 0.468 e. The van der Waals surface area contributed by atoms with E-state index in [1.807, 2.05) is 24.6 Å². The number of esters is 1. The molecule has 0 bridgehead atoms. The quantitative estimate of drug-likeness (QED) is 0.769. The lowest BCUT2D eigenvalue weighted by atomic mass is 10.3. The molecule has 0 aliphatic heterocycles. The lowest BCUT2D eigenvalue weighted by Gasteiger charge is -2.16. The molecular formula is C12H19N3O2. The molecule has 5 nitrogen and oxygen atoms in total. The van der Waals surface area contributed by atoms with Gasteiger partial charge < -0.3 is 10.1 Å². The number of methoxy groups -OCH3 is 1. The van der Waals surface area contributed by atoms with Gasteiger partial charge in [-0.1, -0.05) is 0 Å². The summed E-state index contributed by atoms with van der Waals surface area (Å²) in [6, 6.07) is 2.17.